The Kier molecular flexibility index (Phi) is 5.79. The van der Waals surface area contributed by atoms with Crippen molar-refractivity contribution in [1.29, 1.82) is 0 Å². The number of halogens is 1. The van der Waals surface area contributed by atoms with Gasteiger partial charge in [0.15, 0.2) is 0 Å². The molecule has 1 atom stereocenters. The van der Waals surface area contributed by atoms with Gasteiger partial charge >= 0.3 is 11.8 Å². The lowest BCUT2D eigenvalue weighted by Gasteiger charge is -2.29. The number of hydrogen-bond donors (Lipinski definition) is 2. The van der Waals surface area contributed by atoms with Crippen LogP contribution >= 0.6 is 0 Å². The third-order valence-electron chi connectivity index (χ3n) is 5.20. The lowest BCUT2D eigenvalue weighted by atomic mass is 10.1. The van der Waals surface area contributed by atoms with Crippen molar-refractivity contribution in [1.82, 2.24) is 10.6 Å². The second-order valence-corrected chi connectivity index (χ2v) is 7.12. The van der Waals surface area contributed by atoms with Gasteiger partial charge in [0.2, 0.25) is 0 Å². The van der Waals surface area contributed by atoms with Crippen molar-refractivity contribution < 1.29 is 18.4 Å². The summed E-state index contributed by atoms with van der Waals surface area (Å²) in [4.78, 5) is 26.7. The van der Waals surface area contributed by atoms with E-state index < -0.39 is 11.8 Å². The number of fused-ring (bicyclic) bond motifs is 1. The van der Waals surface area contributed by atoms with Gasteiger partial charge in [-0.05, 0) is 47.9 Å². The largest absolute Gasteiger partial charge is 0.467 e. The highest BCUT2D eigenvalue weighted by Crippen LogP contribution is 2.34. The Morgan fingerprint density at radius 1 is 1.00 bits per heavy atom. The number of carbonyl (C=O) groups is 2. The zero-order chi connectivity index (χ0) is 20.9. The van der Waals surface area contributed by atoms with Crippen molar-refractivity contribution in [2.24, 2.45) is 0 Å². The van der Waals surface area contributed by atoms with Crippen molar-refractivity contribution in [2.45, 2.75) is 19.0 Å². The maximum atomic E-state index is 13.0. The van der Waals surface area contributed by atoms with E-state index in [0.717, 1.165) is 24.4 Å². The average molecular weight is 407 g/mol. The molecule has 2 heterocycles. The number of rotatable bonds is 6. The maximum Gasteiger partial charge on any atom is 0.309 e. The van der Waals surface area contributed by atoms with Crippen LogP contribution in [0, 0.1) is 5.82 Å². The molecule has 30 heavy (non-hydrogen) atoms. The summed E-state index contributed by atoms with van der Waals surface area (Å²) >= 11 is 0. The molecule has 1 aliphatic heterocycles. The van der Waals surface area contributed by atoms with Crippen molar-refractivity contribution in [3.63, 3.8) is 0 Å². The van der Waals surface area contributed by atoms with Gasteiger partial charge in [-0.25, -0.2) is 4.39 Å². The summed E-state index contributed by atoms with van der Waals surface area (Å²) in [5, 5.41) is 5.26. The summed E-state index contributed by atoms with van der Waals surface area (Å²) in [6.07, 6.45) is 2.51. The van der Waals surface area contributed by atoms with Crippen LogP contribution < -0.4 is 15.5 Å². The predicted octanol–water partition coefficient (Wildman–Crippen LogP) is 2.96. The molecule has 0 bridgehead atoms. The van der Waals surface area contributed by atoms with Crippen LogP contribution in [0.2, 0.25) is 0 Å². The summed E-state index contributed by atoms with van der Waals surface area (Å²) in [7, 11) is 0. The smallest absolute Gasteiger partial charge is 0.309 e. The van der Waals surface area contributed by atoms with Crippen LogP contribution in [0.1, 0.15) is 22.9 Å². The molecular formula is C23H22FN3O3. The molecule has 1 aromatic heterocycles. The van der Waals surface area contributed by atoms with Gasteiger partial charge in [-0.3, -0.25) is 9.59 Å². The van der Waals surface area contributed by atoms with E-state index in [-0.39, 0.29) is 24.9 Å². The van der Waals surface area contributed by atoms with E-state index in [9.17, 15) is 14.0 Å². The van der Waals surface area contributed by atoms with Crippen LogP contribution in [0.25, 0.3) is 0 Å². The van der Waals surface area contributed by atoms with E-state index >= 15 is 0 Å². The molecule has 154 valence electrons. The minimum Gasteiger partial charge on any atom is -0.467 e. The van der Waals surface area contributed by atoms with Gasteiger partial charge < -0.3 is 20.0 Å². The van der Waals surface area contributed by atoms with Crippen LogP contribution in [0.4, 0.5) is 10.1 Å². The first-order chi connectivity index (χ1) is 14.6. The SMILES string of the molecule is O=C(NCc1ccc(F)cc1)C(=O)NCC(c1ccco1)N1CCc2ccccc21. The molecule has 0 saturated heterocycles. The molecule has 2 N–H and O–H groups in total. The van der Waals surface area contributed by atoms with E-state index in [0.29, 0.717) is 5.56 Å². The number of para-hydroxylation sites is 1. The minimum atomic E-state index is -0.737. The van der Waals surface area contributed by atoms with Crippen LogP contribution in [0.5, 0.6) is 0 Å². The molecule has 0 spiro atoms. The van der Waals surface area contributed by atoms with E-state index in [1.165, 1.54) is 17.7 Å². The lowest BCUT2D eigenvalue weighted by molar-refractivity contribution is -0.139. The number of anilines is 1. The highest BCUT2D eigenvalue weighted by molar-refractivity contribution is 6.35. The Hall–Kier alpha value is -3.61. The topological polar surface area (TPSA) is 74.6 Å². The van der Waals surface area contributed by atoms with Crippen molar-refractivity contribution in [3.05, 3.63) is 89.6 Å². The Bertz CT molecular complexity index is 1020. The van der Waals surface area contributed by atoms with Gasteiger partial charge in [0.1, 0.15) is 17.6 Å². The van der Waals surface area contributed by atoms with Crippen LogP contribution in [0.15, 0.2) is 71.3 Å². The van der Waals surface area contributed by atoms with Gasteiger partial charge in [0.05, 0.1) is 6.26 Å². The highest BCUT2D eigenvalue weighted by atomic mass is 19.1. The molecule has 2 amide bonds. The second kappa shape index (κ2) is 8.82. The van der Waals surface area contributed by atoms with Crippen LogP contribution in [0.3, 0.4) is 0 Å². The minimum absolute atomic E-state index is 0.146. The fraction of sp³-hybridized carbons (Fsp3) is 0.217. The standard InChI is InChI=1S/C23H22FN3O3/c24-18-9-7-16(8-10-18)14-25-22(28)23(29)26-15-20(21-6-3-13-30-21)27-12-11-17-4-1-2-5-19(17)27/h1-10,13,20H,11-12,14-15H2,(H,25,28)(H,26,29). The molecule has 0 saturated carbocycles. The summed E-state index contributed by atoms with van der Waals surface area (Å²) in [6.45, 7) is 1.18. The molecule has 2 aromatic carbocycles. The Morgan fingerprint density at radius 3 is 2.53 bits per heavy atom. The number of benzene rings is 2. The van der Waals surface area contributed by atoms with Gasteiger partial charge in [0.25, 0.3) is 0 Å². The molecular weight excluding hydrogens is 385 g/mol. The number of furan rings is 1. The van der Waals surface area contributed by atoms with E-state index in [4.69, 9.17) is 4.42 Å². The molecule has 0 aliphatic carbocycles. The number of amides is 2. The summed E-state index contributed by atoms with van der Waals surface area (Å²) in [6, 6.07) is 17.3. The van der Waals surface area contributed by atoms with Crippen LogP contribution in [-0.4, -0.2) is 24.9 Å². The third kappa shape index (κ3) is 4.35. The molecule has 4 rings (SSSR count). The first-order valence-electron chi connectivity index (χ1n) is 9.80. The van der Waals surface area contributed by atoms with E-state index in [1.807, 2.05) is 24.3 Å². The monoisotopic (exact) mass is 407 g/mol. The third-order valence-corrected chi connectivity index (χ3v) is 5.20. The zero-order valence-electron chi connectivity index (χ0n) is 16.3. The summed E-state index contributed by atoms with van der Waals surface area (Å²) < 4.78 is 18.6. The molecule has 1 aliphatic rings. The van der Waals surface area contributed by atoms with Crippen molar-refractivity contribution in [3.8, 4) is 0 Å². The zero-order valence-corrected chi connectivity index (χ0v) is 16.3. The fourth-order valence-electron chi connectivity index (χ4n) is 3.67. The maximum absolute atomic E-state index is 13.0. The number of nitrogens with one attached hydrogen (secondary N) is 2. The van der Waals surface area contributed by atoms with Crippen molar-refractivity contribution >= 4 is 17.5 Å². The molecule has 3 aromatic rings. The molecule has 0 radical (unpaired) electrons. The van der Waals surface area contributed by atoms with Gasteiger partial charge in [-0.1, -0.05) is 30.3 Å². The van der Waals surface area contributed by atoms with Gasteiger partial charge in [0, 0.05) is 25.3 Å². The molecule has 6 nitrogen and oxygen atoms in total. The number of hydrogen-bond acceptors (Lipinski definition) is 4. The van der Waals surface area contributed by atoms with Crippen molar-refractivity contribution in [2.75, 3.05) is 18.0 Å². The molecule has 7 heteroatoms. The van der Waals surface area contributed by atoms with Crippen LogP contribution in [-0.2, 0) is 22.6 Å². The van der Waals surface area contributed by atoms with Gasteiger partial charge in [-0.15, -0.1) is 0 Å². The second-order valence-electron chi connectivity index (χ2n) is 7.12. The lowest BCUT2D eigenvalue weighted by Crippen LogP contribution is -2.43. The average Bonchev–Trinajstić information content (AvgIpc) is 3.44. The predicted molar refractivity (Wildman–Crippen MR) is 110 cm³/mol. The Morgan fingerprint density at radius 2 is 1.77 bits per heavy atom. The first kappa shape index (κ1) is 19.7. The molecule has 1 unspecified atom stereocenters. The Balaban J connectivity index is 1.38. The van der Waals surface area contributed by atoms with E-state index in [1.54, 1.807) is 18.4 Å². The quantitative estimate of drug-likeness (QED) is 0.616. The summed E-state index contributed by atoms with van der Waals surface area (Å²) in [5.74, 6) is -1.09. The normalized spacial score (nSPS) is 13.6. The Labute approximate surface area is 173 Å². The van der Waals surface area contributed by atoms with Gasteiger partial charge in [-0.2, -0.15) is 0 Å². The molecule has 0 fully saturated rings. The summed E-state index contributed by atoms with van der Waals surface area (Å²) in [5.41, 5.74) is 3.06. The fourth-order valence-corrected chi connectivity index (χ4v) is 3.67. The number of nitrogens with zero attached hydrogens (tertiary/aromatic N) is 1. The number of carbonyl (C=O) groups excluding carboxylic acids is 2. The van der Waals surface area contributed by atoms with E-state index in [2.05, 4.69) is 27.7 Å². The first-order valence-corrected chi connectivity index (χ1v) is 9.80. The highest BCUT2D eigenvalue weighted by Gasteiger charge is 2.29.